The van der Waals surface area contributed by atoms with Gasteiger partial charge in [-0.05, 0) is 37.0 Å². The van der Waals surface area contributed by atoms with E-state index < -0.39 is 0 Å². The maximum Gasteiger partial charge on any atom is 0.220 e. The molecule has 0 heterocycles. The number of benzene rings is 1. The molecule has 4 N–H and O–H groups in total. The largest absolute Gasteiger partial charge is 0.399 e. The van der Waals surface area contributed by atoms with Gasteiger partial charge in [-0.2, -0.15) is 0 Å². The number of nitrogens with one attached hydrogen (secondary N) is 1. The zero-order chi connectivity index (χ0) is 13.7. The fraction of sp³-hybridized carbons (Fsp3) is 0.533. The Hall–Kier alpha value is -1.55. The molecule has 1 saturated carbocycles. The summed E-state index contributed by atoms with van der Waals surface area (Å²) < 4.78 is 0. The number of hydrogen-bond acceptors (Lipinski definition) is 3. The number of rotatable bonds is 4. The second-order valence-electron chi connectivity index (χ2n) is 5.27. The Kier molecular flexibility index (Phi) is 4.80. The summed E-state index contributed by atoms with van der Waals surface area (Å²) in [6.07, 6.45) is 4.54. The van der Waals surface area contributed by atoms with Crippen molar-refractivity contribution in [2.24, 2.45) is 0 Å². The van der Waals surface area contributed by atoms with E-state index in [1.54, 1.807) is 0 Å². The quantitative estimate of drug-likeness (QED) is 0.722. The van der Waals surface area contributed by atoms with Crippen molar-refractivity contribution in [3.05, 3.63) is 29.8 Å². The highest BCUT2D eigenvalue weighted by Gasteiger charge is 2.24. The summed E-state index contributed by atoms with van der Waals surface area (Å²) in [5.74, 6) is 0.00775. The van der Waals surface area contributed by atoms with Crippen molar-refractivity contribution in [3.63, 3.8) is 0 Å². The Balaban J connectivity index is 1.78. The fourth-order valence-corrected chi connectivity index (χ4v) is 2.57. The summed E-state index contributed by atoms with van der Waals surface area (Å²) in [5, 5.41) is 12.7. The molecule has 19 heavy (non-hydrogen) atoms. The molecule has 0 unspecified atom stereocenters. The van der Waals surface area contributed by atoms with E-state index in [9.17, 15) is 9.90 Å². The van der Waals surface area contributed by atoms with Gasteiger partial charge in [0.05, 0.1) is 12.1 Å². The van der Waals surface area contributed by atoms with Crippen LogP contribution in [-0.4, -0.2) is 23.2 Å². The average Bonchev–Trinajstić information content (AvgIpc) is 2.39. The van der Waals surface area contributed by atoms with Crippen LogP contribution in [0.15, 0.2) is 24.3 Å². The predicted octanol–water partition coefficient (Wildman–Crippen LogP) is 1.62. The lowest BCUT2D eigenvalue weighted by atomic mass is 9.92. The molecule has 0 bridgehead atoms. The summed E-state index contributed by atoms with van der Waals surface area (Å²) >= 11 is 0. The van der Waals surface area contributed by atoms with Gasteiger partial charge in [-0.3, -0.25) is 4.79 Å². The molecule has 2 atom stereocenters. The fourth-order valence-electron chi connectivity index (χ4n) is 2.57. The second kappa shape index (κ2) is 6.57. The highest BCUT2D eigenvalue weighted by Crippen LogP contribution is 2.18. The number of amides is 1. The van der Waals surface area contributed by atoms with Crippen LogP contribution < -0.4 is 11.1 Å². The smallest absolute Gasteiger partial charge is 0.220 e. The number of nitrogen functional groups attached to an aromatic ring is 1. The highest BCUT2D eigenvalue weighted by molar-refractivity contribution is 5.76. The van der Waals surface area contributed by atoms with Crippen molar-refractivity contribution in [1.29, 1.82) is 0 Å². The minimum absolute atomic E-state index is 0.00775. The summed E-state index contributed by atoms with van der Waals surface area (Å²) in [6, 6.07) is 7.53. The predicted molar refractivity (Wildman–Crippen MR) is 75.6 cm³/mol. The molecule has 1 aromatic carbocycles. The van der Waals surface area contributed by atoms with Crippen molar-refractivity contribution >= 4 is 11.6 Å². The Morgan fingerprint density at radius 1 is 1.37 bits per heavy atom. The average molecular weight is 262 g/mol. The van der Waals surface area contributed by atoms with Crippen LogP contribution in [0.2, 0.25) is 0 Å². The van der Waals surface area contributed by atoms with Crippen LogP contribution in [-0.2, 0) is 11.2 Å². The Morgan fingerprint density at radius 3 is 2.89 bits per heavy atom. The molecule has 1 fully saturated rings. The van der Waals surface area contributed by atoms with E-state index >= 15 is 0 Å². The lowest BCUT2D eigenvalue weighted by Gasteiger charge is -2.28. The number of hydrogen-bond donors (Lipinski definition) is 3. The van der Waals surface area contributed by atoms with E-state index in [1.165, 1.54) is 0 Å². The molecule has 104 valence electrons. The third kappa shape index (κ3) is 4.24. The van der Waals surface area contributed by atoms with Crippen molar-refractivity contribution in [1.82, 2.24) is 5.32 Å². The molecule has 0 aliphatic heterocycles. The molecule has 1 aliphatic rings. The lowest BCUT2D eigenvalue weighted by molar-refractivity contribution is -0.123. The summed E-state index contributed by atoms with van der Waals surface area (Å²) in [7, 11) is 0. The van der Waals surface area contributed by atoms with Gasteiger partial charge in [0.25, 0.3) is 0 Å². The second-order valence-corrected chi connectivity index (χ2v) is 5.27. The summed E-state index contributed by atoms with van der Waals surface area (Å²) in [4.78, 5) is 11.9. The molecule has 1 aliphatic carbocycles. The van der Waals surface area contributed by atoms with Crippen LogP contribution in [0.25, 0.3) is 0 Å². The van der Waals surface area contributed by atoms with Gasteiger partial charge in [-0.25, -0.2) is 0 Å². The molecule has 1 aromatic rings. The van der Waals surface area contributed by atoms with Crippen molar-refractivity contribution in [2.75, 3.05) is 5.73 Å². The van der Waals surface area contributed by atoms with Gasteiger partial charge in [0.15, 0.2) is 0 Å². The van der Waals surface area contributed by atoms with Crippen LogP contribution in [0.3, 0.4) is 0 Å². The van der Waals surface area contributed by atoms with Crippen LogP contribution in [0, 0.1) is 0 Å². The van der Waals surface area contributed by atoms with Gasteiger partial charge in [0.1, 0.15) is 0 Å². The van der Waals surface area contributed by atoms with Gasteiger partial charge in [-0.1, -0.05) is 25.0 Å². The van der Waals surface area contributed by atoms with E-state index in [-0.39, 0.29) is 18.1 Å². The summed E-state index contributed by atoms with van der Waals surface area (Å²) in [6.45, 7) is 0. The number of aliphatic hydroxyl groups excluding tert-OH is 1. The zero-order valence-electron chi connectivity index (χ0n) is 11.1. The van der Waals surface area contributed by atoms with Gasteiger partial charge in [-0.15, -0.1) is 0 Å². The van der Waals surface area contributed by atoms with E-state index in [2.05, 4.69) is 5.32 Å². The molecule has 0 radical (unpaired) electrons. The van der Waals surface area contributed by atoms with E-state index in [0.717, 1.165) is 36.9 Å². The SMILES string of the molecule is Nc1cccc(CCC(=O)N[C@H]2CCCC[C@@H]2O)c1. The van der Waals surface area contributed by atoms with Crippen LogP contribution in [0.4, 0.5) is 5.69 Å². The molecular weight excluding hydrogens is 240 g/mol. The number of anilines is 1. The maximum atomic E-state index is 11.9. The molecule has 0 spiro atoms. The van der Waals surface area contributed by atoms with Gasteiger partial charge in [0, 0.05) is 12.1 Å². The first kappa shape index (κ1) is 13.9. The van der Waals surface area contributed by atoms with Crippen LogP contribution in [0.1, 0.15) is 37.7 Å². The monoisotopic (exact) mass is 262 g/mol. The van der Waals surface area contributed by atoms with Gasteiger partial charge >= 0.3 is 0 Å². The number of carbonyl (C=O) groups is 1. The van der Waals surface area contributed by atoms with Gasteiger partial charge in [0.2, 0.25) is 5.91 Å². The minimum atomic E-state index is -0.384. The Labute approximate surface area is 114 Å². The number of nitrogens with two attached hydrogens (primary N) is 1. The first-order valence-corrected chi connectivity index (χ1v) is 6.97. The standard InChI is InChI=1S/C15H22N2O2/c16-12-5-3-4-11(10-12)8-9-15(19)17-13-6-1-2-7-14(13)18/h3-5,10,13-14,18H,1-2,6-9,16H2,(H,17,19)/t13-,14-/m0/s1. The van der Waals surface area contributed by atoms with Crippen LogP contribution in [0.5, 0.6) is 0 Å². The molecular formula is C15H22N2O2. The van der Waals surface area contributed by atoms with Crippen molar-refractivity contribution in [3.8, 4) is 0 Å². The molecule has 0 aromatic heterocycles. The number of carbonyl (C=O) groups excluding carboxylic acids is 1. The normalized spacial score (nSPS) is 23.0. The minimum Gasteiger partial charge on any atom is -0.399 e. The third-order valence-electron chi connectivity index (χ3n) is 3.67. The Bertz CT molecular complexity index is 434. The molecule has 2 rings (SSSR count). The molecule has 4 heteroatoms. The number of aliphatic hydroxyl groups is 1. The van der Waals surface area contributed by atoms with E-state index in [0.29, 0.717) is 12.8 Å². The lowest BCUT2D eigenvalue weighted by Crippen LogP contribution is -2.45. The topological polar surface area (TPSA) is 75.4 Å². The van der Waals surface area contributed by atoms with E-state index in [4.69, 9.17) is 5.73 Å². The molecule has 4 nitrogen and oxygen atoms in total. The first-order valence-electron chi connectivity index (χ1n) is 6.97. The van der Waals surface area contributed by atoms with Gasteiger partial charge < -0.3 is 16.2 Å². The Morgan fingerprint density at radius 2 is 2.16 bits per heavy atom. The molecule has 0 saturated heterocycles. The maximum absolute atomic E-state index is 11.9. The zero-order valence-corrected chi connectivity index (χ0v) is 11.1. The number of aryl methyl sites for hydroxylation is 1. The molecule has 1 amide bonds. The highest BCUT2D eigenvalue weighted by atomic mass is 16.3. The van der Waals surface area contributed by atoms with Crippen molar-refractivity contribution < 1.29 is 9.90 Å². The third-order valence-corrected chi connectivity index (χ3v) is 3.67. The summed E-state index contributed by atoms with van der Waals surface area (Å²) in [5.41, 5.74) is 7.49. The van der Waals surface area contributed by atoms with Crippen molar-refractivity contribution in [2.45, 2.75) is 50.7 Å². The van der Waals surface area contributed by atoms with Crippen LogP contribution >= 0.6 is 0 Å². The van der Waals surface area contributed by atoms with E-state index in [1.807, 2.05) is 24.3 Å². The first-order chi connectivity index (χ1) is 9.15.